The fourth-order valence-corrected chi connectivity index (χ4v) is 8.17. The molecule has 8 heteroatoms. The summed E-state index contributed by atoms with van der Waals surface area (Å²) in [4.78, 5) is 34.2. The van der Waals surface area contributed by atoms with Gasteiger partial charge >= 0.3 is 0 Å². The second-order valence-electron chi connectivity index (χ2n) is 8.01. The van der Waals surface area contributed by atoms with E-state index in [9.17, 15) is 9.59 Å². The predicted octanol–water partition coefficient (Wildman–Crippen LogP) is 7.75. The van der Waals surface area contributed by atoms with Gasteiger partial charge in [0.25, 0.3) is 11.1 Å². The van der Waals surface area contributed by atoms with Crippen molar-refractivity contribution in [2.45, 2.75) is 13.8 Å². The lowest BCUT2D eigenvalue weighted by Gasteiger charge is -2.00. The fraction of sp³-hybridized carbons (Fsp3) is 0.0769. The summed E-state index contributed by atoms with van der Waals surface area (Å²) in [5, 5.41) is 5.59. The van der Waals surface area contributed by atoms with Gasteiger partial charge in [0.05, 0.1) is 15.6 Å². The molecule has 0 saturated heterocycles. The Hall–Kier alpha value is -3.04. The molecule has 6 rings (SSSR count). The zero-order valence-electron chi connectivity index (χ0n) is 18.2. The molecule has 0 saturated carbocycles. The van der Waals surface area contributed by atoms with Gasteiger partial charge < -0.3 is 0 Å². The van der Waals surface area contributed by atoms with Crippen LogP contribution in [0.2, 0.25) is 0 Å². The van der Waals surface area contributed by atoms with Crippen molar-refractivity contribution in [2.24, 2.45) is 0 Å². The molecule has 0 atom stereocenters. The summed E-state index contributed by atoms with van der Waals surface area (Å²) in [7, 11) is 0. The maximum absolute atomic E-state index is 12.2. The van der Waals surface area contributed by atoms with Crippen LogP contribution < -0.4 is 11.1 Å². The third-order valence-corrected chi connectivity index (χ3v) is 10.3. The molecule has 0 radical (unpaired) electrons. The summed E-state index contributed by atoms with van der Waals surface area (Å²) in [6.07, 6.45) is 0. The van der Waals surface area contributed by atoms with Gasteiger partial charge in [-0.05, 0) is 74.0 Å². The van der Waals surface area contributed by atoms with E-state index in [4.69, 9.17) is 0 Å². The summed E-state index contributed by atoms with van der Waals surface area (Å²) in [5.74, 6) is 0. The van der Waals surface area contributed by atoms with Crippen molar-refractivity contribution in [1.82, 2.24) is 10.2 Å². The zero-order valence-corrected chi connectivity index (χ0v) is 21.5. The van der Waals surface area contributed by atoms with E-state index in [1.807, 2.05) is 40.1 Å². The van der Waals surface area contributed by atoms with E-state index in [-0.39, 0.29) is 11.1 Å². The minimum atomic E-state index is -0.293. The number of aromatic nitrogens is 2. The monoisotopic (exact) mass is 518 g/mol. The van der Waals surface area contributed by atoms with Gasteiger partial charge in [0.1, 0.15) is 0 Å². The summed E-state index contributed by atoms with van der Waals surface area (Å²) in [5.41, 5.74) is 1.63. The molecule has 5 aromatic heterocycles. The van der Waals surface area contributed by atoms with Crippen molar-refractivity contribution >= 4 is 56.1 Å². The third-order valence-electron chi connectivity index (χ3n) is 5.63. The highest BCUT2D eigenvalue weighted by atomic mass is 32.1. The molecule has 0 unspecified atom stereocenters. The first-order valence-corrected chi connectivity index (χ1v) is 13.9. The Morgan fingerprint density at radius 3 is 1.91 bits per heavy atom. The molecule has 168 valence electrons. The van der Waals surface area contributed by atoms with Crippen LogP contribution in [0.1, 0.15) is 9.75 Å². The lowest BCUT2D eigenvalue weighted by molar-refractivity contribution is 0.977. The largest absolute Gasteiger partial charge is 0.270 e. The average Bonchev–Trinajstić information content (AvgIpc) is 3.62. The van der Waals surface area contributed by atoms with Gasteiger partial charge in [0.15, 0.2) is 0 Å². The SMILES string of the molecule is Cc1ccc(-c2cc(-c3ccc(-c4ccc5c(=O)[nH][nH]c(=O)c5c4)s3)sc2-c2ccc(C)s2)s1. The number of hydrogen-bond donors (Lipinski definition) is 2. The molecule has 2 N–H and O–H groups in total. The van der Waals surface area contributed by atoms with Crippen LogP contribution in [0.3, 0.4) is 0 Å². The summed E-state index contributed by atoms with van der Waals surface area (Å²) in [6, 6.07) is 20.7. The van der Waals surface area contributed by atoms with Crippen molar-refractivity contribution in [3.8, 4) is 40.4 Å². The van der Waals surface area contributed by atoms with Crippen molar-refractivity contribution in [3.63, 3.8) is 0 Å². The second-order valence-corrected chi connectivity index (χ2v) is 12.7. The number of nitrogens with one attached hydrogen (secondary N) is 2. The Labute approximate surface area is 210 Å². The molecule has 0 aliphatic rings. The lowest BCUT2D eigenvalue weighted by Crippen LogP contribution is -2.18. The molecule has 34 heavy (non-hydrogen) atoms. The first-order chi connectivity index (χ1) is 16.5. The van der Waals surface area contributed by atoms with Crippen molar-refractivity contribution < 1.29 is 0 Å². The quantitative estimate of drug-likeness (QED) is 0.251. The Kier molecular flexibility index (Phi) is 5.26. The van der Waals surface area contributed by atoms with Gasteiger partial charge in [-0.2, -0.15) is 0 Å². The second kappa shape index (κ2) is 8.32. The van der Waals surface area contributed by atoms with Gasteiger partial charge in [-0.15, -0.1) is 45.3 Å². The molecule has 5 heterocycles. The van der Waals surface area contributed by atoms with Crippen LogP contribution in [-0.2, 0) is 0 Å². The molecule has 0 spiro atoms. The molecule has 0 aliphatic carbocycles. The molecule has 0 amide bonds. The molecule has 1 aromatic carbocycles. The number of aryl methyl sites for hydroxylation is 2. The van der Waals surface area contributed by atoms with Crippen LogP contribution in [-0.4, -0.2) is 10.2 Å². The van der Waals surface area contributed by atoms with Gasteiger partial charge in [-0.1, -0.05) is 6.07 Å². The van der Waals surface area contributed by atoms with E-state index in [1.165, 1.54) is 39.7 Å². The smallest absolute Gasteiger partial charge is 0.267 e. The van der Waals surface area contributed by atoms with Crippen molar-refractivity contribution in [2.75, 3.05) is 0 Å². The van der Waals surface area contributed by atoms with Gasteiger partial charge in [-0.25, -0.2) is 0 Å². The van der Waals surface area contributed by atoms with E-state index >= 15 is 0 Å². The van der Waals surface area contributed by atoms with E-state index in [0.717, 1.165) is 10.4 Å². The van der Waals surface area contributed by atoms with Gasteiger partial charge in [-0.3, -0.25) is 19.8 Å². The Bertz CT molecular complexity index is 1730. The molecule has 0 fully saturated rings. The first-order valence-electron chi connectivity index (χ1n) is 10.6. The number of benzene rings is 1. The normalized spacial score (nSPS) is 11.5. The molecular weight excluding hydrogens is 501 g/mol. The average molecular weight is 519 g/mol. The maximum Gasteiger partial charge on any atom is 0.270 e. The van der Waals surface area contributed by atoms with Crippen LogP contribution >= 0.6 is 45.3 Å². The highest BCUT2D eigenvalue weighted by molar-refractivity contribution is 7.28. The Morgan fingerprint density at radius 2 is 1.21 bits per heavy atom. The maximum atomic E-state index is 12.2. The number of rotatable bonds is 4. The highest BCUT2D eigenvalue weighted by Crippen LogP contribution is 2.48. The topological polar surface area (TPSA) is 65.7 Å². The molecular formula is C26H18N2O2S4. The number of hydrogen-bond acceptors (Lipinski definition) is 6. The summed E-state index contributed by atoms with van der Waals surface area (Å²) in [6.45, 7) is 4.29. The standard InChI is InChI=1S/C26H18N2O2S4/c1-13-3-7-20(31-13)18-12-23(34-24(18)22-8-4-14(2)32-22)21-10-9-19(33-21)15-5-6-16-17(11-15)26(30)28-27-25(16)29/h3-12H,1-2H3,(H,27,29)(H,28,30). The summed E-state index contributed by atoms with van der Waals surface area (Å²) >= 11 is 7.18. The fourth-order valence-electron chi connectivity index (χ4n) is 3.97. The van der Waals surface area contributed by atoms with Gasteiger partial charge in [0, 0.05) is 39.7 Å². The Balaban J connectivity index is 1.45. The van der Waals surface area contributed by atoms with Crippen LogP contribution in [0, 0.1) is 13.8 Å². The van der Waals surface area contributed by atoms with Crippen LogP contribution in [0.25, 0.3) is 51.2 Å². The Morgan fingerprint density at radius 1 is 0.559 bits per heavy atom. The van der Waals surface area contributed by atoms with Crippen molar-refractivity contribution in [3.05, 3.63) is 91.1 Å². The number of H-pyrrole nitrogens is 2. The van der Waals surface area contributed by atoms with Crippen LogP contribution in [0.5, 0.6) is 0 Å². The lowest BCUT2D eigenvalue weighted by atomic mass is 10.1. The minimum absolute atomic E-state index is 0.292. The first kappa shape index (κ1) is 21.5. The van der Waals surface area contributed by atoms with Gasteiger partial charge in [0.2, 0.25) is 0 Å². The predicted molar refractivity (Wildman–Crippen MR) is 148 cm³/mol. The summed E-state index contributed by atoms with van der Waals surface area (Å²) < 4.78 is 0. The molecule has 0 bridgehead atoms. The molecule has 6 aromatic rings. The molecule has 0 aliphatic heterocycles. The number of fused-ring (bicyclic) bond motifs is 1. The zero-order chi connectivity index (χ0) is 23.4. The van der Waals surface area contributed by atoms with Crippen molar-refractivity contribution in [1.29, 1.82) is 0 Å². The van der Waals surface area contributed by atoms with E-state index < -0.39 is 0 Å². The van der Waals surface area contributed by atoms with E-state index in [2.05, 4.69) is 66.5 Å². The highest BCUT2D eigenvalue weighted by Gasteiger charge is 2.18. The third kappa shape index (κ3) is 3.73. The van der Waals surface area contributed by atoms with Crippen LogP contribution in [0.4, 0.5) is 0 Å². The van der Waals surface area contributed by atoms with E-state index in [0.29, 0.717) is 10.8 Å². The van der Waals surface area contributed by atoms with E-state index in [1.54, 1.807) is 23.5 Å². The van der Waals surface area contributed by atoms with Crippen LogP contribution in [0.15, 0.2) is 70.3 Å². The molecule has 4 nitrogen and oxygen atoms in total. The number of aromatic amines is 2. The minimum Gasteiger partial charge on any atom is -0.267 e. The number of thiophene rings is 4.